The number of nitrogens with zero attached hydrogens (tertiary/aromatic N) is 1. The lowest BCUT2D eigenvalue weighted by Gasteiger charge is -2.15. The van der Waals surface area contributed by atoms with Crippen molar-refractivity contribution in [3.8, 4) is 0 Å². The average Bonchev–Trinajstić information content (AvgIpc) is 2.60. The number of methoxy groups -OCH3 is 1. The van der Waals surface area contributed by atoms with Crippen molar-refractivity contribution in [3.63, 3.8) is 0 Å². The van der Waals surface area contributed by atoms with Crippen LogP contribution in [0.3, 0.4) is 0 Å². The van der Waals surface area contributed by atoms with E-state index in [4.69, 9.17) is 0 Å². The highest BCUT2D eigenvalue weighted by molar-refractivity contribution is 7.92. The maximum Gasteiger partial charge on any atom is 0.337 e. The van der Waals surface area contributed by atoms with Gasteiger partial charge < -0.3 is 9.64 Å². The molecule has 0 saturated carbocycles. The molecule has 25 heavy (non-hydrogen) atoms. The molecule has 0 aliphatic rings. The van der Waals surface area contributed by atoms with Gasteiger partial charge in [0, 0.05) is 25.3 Å². The van der Waals surface area contributed by atoms with Crippen LogP contribution in [0.1, 0.15) is 17.3 Å². The highest BCUT2D eigenvalue weighted by Crippen LogP contribution is 2.20. The Labute approximate surface area is 146 Å². The fourth-order valence-corrected chi connectivity index (χ4v) is 3.10. The van der Waals surface area contributed by atoms with Crippen LogP contribution in [0.2, 0.25) is 0 Å². The summed E-state index contributed by atoms with van der Waals surface area (Å²) in [7, 11) is -0.910. The molecule has 2 aromatic carbocycles. The Morgan fingerprint density at radius 3 is 2.04 bits per heavy atom. The molecule has 1 amide bonds. The normalized spacial score (nSPS) is 10.8. The van der Waals surface area contributed by atoms with E-state index in [-0.39, 0.29) is 10.8 Å². The van der Waals surface area contributed by atoms with E-state index < -0.39 is 16.0 Å². The minimum atomic E-state index is -3.78. The first kappa shape index (κ1) is 18.5. The van der Waals surface area contributed by atoms with Crippen molar-refractivity contribution >= 4 is 33.3 Å². The highest BCUT2D eigenvalue weighted by Gasteiger charge is 2.15. The van der Waals surface area contributed by atoms with E-state index in [9.17, 15) is 18.0 Å². The summed E-state index contributed by atoms with van der Waals surface area (Å²) >= 11 is 0. The first-order valence-electron chi connectivity index (χ1n) is 7.30. The number of hydrogen-bond acceptors (Lipinski definition) is 5. The molecule has 0 aliphatic carbocycles. The van der Waals surface area contributed by atoms with Crippen molar-refractivity contribution in [3.05, 3.63) is 54.1 Å². The Morgan fingerprint density at radius 1 is 1.00 bits per heavy atom. The van der Waals surface area contributed by atoms with Gasteiger partial charge in [-0.25, -0.2) is 13.2 Å². The van der Waals surface area contributed by atoms with Crippen molar-refractivity contribution in [1.82, 2.24) is 0 Å². The molecule has 0 saturated heterocycles. The number of carbonyl (C=O) groups excluding carboxylic acids is 2. The van der Waals surface area contributed by atoms with Crippen molar-refractivity contribution in [2.24, 2.45) is 0 Å². The zero-order valence-corrected chi connectivity index (χ0v) is 14.8. The van der Waals surface area contributed by atoms with E-state index in [0.29, 0.717) is 16.9 Å². The van der Waals surface area contributed by atoms with Gasteiger partial charge in [0.25, 0.3) is 10.0 Å². The van der Waals surface area contributed by atoms with Gasteiger partial charge >= 0.3 is 5.97 Å². The number of rotatable bonds is 5. The van der Waals surface area contributed by atoms with Gasteiger partial charge in [-0.2, -0.15) is 0 Å². The van der Waals surface area contributed by atoms with Gasteiger partial charge in [-0.3, -0.25) is 9.52 Å². The summed E-state index contributed by atoms with van der Waals surface area (Å²) in [5.41, 5.74) is 1.23. The van der Waals surface area contributed by atoms with E-state index in [1.807, 2.05) is 0 Å². The molecule has 7 nitrogen and oxygen atoms in total. The summed E-state index contributed by atoms with van der Waals surface area (Å²) < 4.78 is 31.8. The lowest BCUT2D eigenvalue weighted by Crippen LogP contribution is -2.22. The molecule has 0 aromatic heterocycles. The lowest BCUT2D eigenvalue weighted by atomic mass is 10.2. The van der Waals surface area contributed by atoms with Gasteiger partial charge in [0.15, 0.2) is 0 Å². The van der Waals surface area contributed by atoms with Gasteiger partial charge in [-0.05, 0) is 48.5 Å². The third-order valence-electron chi connectivity index (χ3n) is 3.56. The molecule has 2 aromatic rings. The number of nitrogens with one attached hydrogen (secondary N) is 1. The molecule has 0 spiro atoms. The molecular weight excluding hydrogens is 344 g/mol. The van der Waals surface area contributed by atoms with Gasteiger partial charge in [0.05, 0.1) is 17.6 Å². The van der Waals surface area contributed by atoms with Crippen LogP contribution in [0.15, 0.2) is 53.4 Å². The first-order valence-corrected chi connectivity index (χ1v) is 8.78. The minimum Gasteiger partial charge on any atom is -0.465 e. The first-order chi connectivity index (χ1) is 11.7. The topological polar surface area (TPSA) is 92.8 Å². The fraction of sp³-hybridized carbons (Fsp3) is 0.176. The molecule has 0 bridgehead atoms. The molecule has 0 unspecified atom stereocenters. The quantitative estimate of drug-likeness (QED) is 0.824. The molecule has 0 fully saturated rings. The summed E-state index contributed by atoms with van der Waals surface area (Å²) in [5, 5.41) is 0. The third kappa shape index (κ3) is 4.36. The Kier molecular flexibility index (Phi) is 5.43. The van der Waals surface area contributed by atoms with Crippen LogP contribution in [0.25, 0.3) is 0 Å². The maximum atomic E-state index is 12.4. The minimum absolute atomic E-state index is 0.0604. The Morgan fingerprint density at radius 2 is 1.56 bits per heavy atom. The number of carbonyl (C=O) groups is 2. The van der Waals surface area contributed by atoms with Crippen LogP contribution in [0, 0.1) is 0 Å². The number of esters is 1. The standard InChI is InChI=1S/C17H18N2O5S/c1-12(20)19(2)15-8-10-16(11-9-15)25(22,23)18-14-6-4-13(5-7-14)17(21)24-3/h4-11,18H,1-3H3. The zero-order chi connectivity index (χ0) is 18.6. The lowest BCUT2D eigenvalue weighted by molar-refractivity contribution is -0.116. The van der Waals surface area contributed by atoms with Crippen LogP contribution in [0.4, 0.5) is 11.4 Å². The van der Waals surface area contributed by atoms with Crippen molar-refractivity contribution < 1.29 is 22.7 Å². The number of anilines is 2. The van der Waals surface area contributed by atoms with Gasteiger partial charge in [0.1, 0.15) is 0 Å². The summed E-state index contributed by atoms with van der Waals surface area (Å²) in [6, 6.07) is 11.8. The smallest absolute Gasteiger partial charge is 0.337 e. The second kappa shape index (κ2) is 7.35. The largest absolute Gasteiger partial charge is 0.465 e. The predicted octanol–water partition coefficient (Wildman–Crippen LogP) is 2.26. The number of benzene rings is 2. The molecule has 0 radical (unpaired) electrons. The number of amides is 1. The second-order valence-electron chi connectivity index (χ2n) is 5.25. The maximum absolute atomic E-state index is 12.4. The Balaban J connectivity index is 2.18. The summed E-state index contributed by atoms with van der Waals surface area (Å²) in [6.45, 7) is 1.42. The van der Waals surface area contributed by atoms with E-state index >= 15 is 0 Å². The van der Waals surface area contributed by atoms with Gasteiger partial charge in [0.2, 0.25) is 5.91 Å². The fourth-order valence-electron chi connectivity index (χ4n) is 2.04. The third-order valence-corrected chi connectivity index (χ3v) is 4.96. The van der Waals surface area contributed by atoms with Crippen LogP contribution < -0.4 is 9.62 Å². The van der Waals surface area contributed by atoms with Crippen molar-refractivity contribution in [2.45, 2.75) is 11.8 Å². The molecular formula is C17H18N2O5S. The zero-order valence-electron chi connectivity index (χ0n) is 14.0. The van der Waals surface area contributed by atoms with Crippen LogP contribution in [-0.4, -0.2) is 34.5 Å². The van der Waals surface area contributed by atoms with Crippen molar-refractivity contribution in [1.29, 1.82) is 0 Å². The van der Waals surface area contributed by atoms with Crippen molar-refractivity contribution in [2.75, 3.05) is 23.8 Å². The summed E-state index contributed by atoms with van der Waals surface area (Å²) in [5.74, 6) is -0.654. The Hall–Kier alpha value is -2.87. The summed E-state index contributed by atoms with van der Waals surface area (Å²) in [6.07, 6.45) is 0. The summed E-state index contributed by atoms with van der Waals surface area (Å²) in [4.78, 5) is 24.2. The number of ether oxygens (including phenoxy) is 1. The molecule has 1 N–H and O–H groups in total. The molecule has 0 heterocycles. The van der Waals surface area contributed by atoms with E-state index in [2.05, 4.69) is 9.46 Å². The average molecular weight is 362 g/mol. The molecule has 132 valence electrons. The molecule has 2 rings (SSSR count). The molecule has 0 atom stereocenters. The highest BCUT2D eigenvalue weighted by atomic mass is 32.2. The number of hydrogen-bond donors (Lipinski definition) is 1. The molecule has 8 heteroatoms. The SMILES string of the molecule is COC(=O)c1ccc(NS(=O)(=O)c2ccc(N(C)C(C)=O)cc2)cc1. The van der Waals surface area contributed by atoms with E-state index in [1.165, 1.54) is 55.3 Å². The van der Waals surface area contributed by atoms with Crippen LogP contribution in [-0.2, 0) is 19.6 Å². The van der Waals surface area contributed by atoms with Crippen LogP contribution >= 0.6 is 0 Å². The van der Waals surface area contributed by atoms with E-state index in [1.54, 1.807) is 19.2 Å². The monoisotopic (exact) mass is 362 g/mol. The Bertz CT molecular complexity index is 874. The molecule has 0 aliphatic heterocycles. The van der Waals surface area contributed by atoms with Crippen LogP contribution in [0.5, 0.6) is 0 Å². The second-order valence-corrected chi connectivity index (χ2v) is 6.93. The predicted molar refractivity (Wildman–Crippen MR) is 94.1 cm³/mol. The van der Waals surface area contributed by atoms with Gasteiger partial charge in [-0.15, -0.1) is 0 Å². The number of sulfonamides is 1. The van der Waals surface area contributed by atoms with Gasteiger partial charge in [-0.1, -0.05) is 0 Å². The van der Waals surface area contributed by atoms with E-state index in [0.717, 1.165) is 0 Å².